The Kier molecular flexibility index (Phi) is 3.24. The SMILES string of the molecule is NNC(=NCC1CC1)NC1CCCC1. The van der Waals surface area contributed by atoms with Gasteiger partial charge in [0.25, 0.3) is 0 Å². The fraction of sp³-hybridized carbons (Fsp3) is 0.900. The summed E-state index contributed by atoms with van der Waals surface area (Å²) in [4.78, 5) is 4.44. The highest BCUT2D eigenvalue weighted by Gasteiger charge is 2.21. The standard InChI is InChI=1S/C10H20N4/c11-14-10(12-7-8-5-6-8)13-9-3-1-2-4-9/h8-9H,1-7,11H2,(H2,12,13,14). The summed E-state index contributed by atoms with van der Waals surface area (Å²) in [7, 11) is 0. The van der Waals surface area contributed by atoms with Crippen LogP contribution in [-0.2, 0) is 0 Å². The molecule has 4 heteroatoms. The average molecular weight is 196 g/mol. The molecular formula is C10H20N4. The van der Waals surface area contributed by atoms with Crippen LogP contribution in [0.15, 0.2) is 4.99 Å². The number of hydrogen-bond donors (Lipinski definition) is 3. The highest BCUT2D eigenvalue weighted by Crippen LogP contribution is 2.28. The zero-order chi connectivity index (χ0) is 9.80. The molecule has 0 aromatic heterocycles. The van der Waals surface area contributed by atoms with Crippen molar-refractivity contribution in [1.29, 1.82) is 0 Å². The van der Waals surface area contributed by atoms with Crippen LogP contribution in [0.2, 0.25) is 0 Å². The minimum atomic E-state index is 0.587. The summed E-state index contributed by atoms with van der Waals surface area (Å²) in [6.07, 6.45) is 7.85. The largest absolute Gasteiger partial charge is 0.353 e. The van der Waals surface area contributed by atoms with E-state index in [0.29, 0.717) is 6.04 Å². The summed E-state index contributed by atoms with van der Waals surface area (Å²) in [5.41, 5.74) is 2.65. The summed E-state index contributed by atoms with van der Waals surface area (Å²) in [5, 5.41) is 3.36. The number of nitrogens with two attached hydrogens (primary N) is 1. The van der Waals surface area contributed by atoms with Gasteiger partial charge < -0.3 is 5.32 Å². The topological polar surface area (TPSA) is 62.4 Å². The highest BCUT2D eigenvalue weighted by molar-refractivity contribution is 5.79. The van der Waals surface area contributed by atoms with E-state index in [9.17, 15) is 0 Å². The molecule has 0 bridgehead atoms. The van der Waals surface area contributed by atoms with Crippen molar-refractivity contribution in [2.45, 2.75) is 44.6 Å². The van der Waals surface area contributed by atoms with Crippen LogP contribution in [0.25, 0.3) is 0 Å². The van der Waals surface area contributed by atoms with Crippen molar-refractivity contribution >= 4 is 5.96 Å². The molecule has 14 heavy (non-hydrogen) atoms. The van der Waals surface area contributed by atoms with Gasteiger partial charge in [-0.3, -0.25) is 10.4 Å². The Hall–Kier alpha value is -0.770. The molecule has 2 fully saturated rings. The van der Waals surface area contributed by atoms with Crippen molar-refractivity contribution in [2.75, 3.05) is 6.54 Å². The molecule has 0 aromatic carbocycles. The Bertz CT molecular complexity index is 204. The first-order chi connectivity index (χ1) is 6.88. The van der Waals surface area contributed by atoms with E-state index < -0.39 is 0 Å². The molecule has 0 aliphatic heterocycles. The second-order valence-corrected chi connectivity index (χ2v) is 4.40. The van der Waals surface area contributed by atoms with Gasteiger partial charge in [0, 0.05) is 12.6 Å². The molecule has 0 unspecified atom stereocenters. The highest BCUT2D eigenvalue weighted by atomic mass is 15.3. The van der Waals surface area contributed by atoms with Gasteiger partial charge in [0.05, 0.1) is 0 Å². The first-order valence-electron chi connectivity index (χ1n) is 5.66. The van der Waals surface area contributed by atoms with E-state index in [0.717, 1.165) is 18.4 Å². The van der Waals surface area contributed by atoms with E-state index in [1.165, 1.54) is 38.5 Å². The maximum Gasteiger partial charge on any atom is 0.205 e. The lowest BCUT2D eigenvalue weighted by Crippen LogP contribution is -2.45. The number of hydrogen-bond acceptors (Lipinski definition) is 2. The number of hydrazine groups is 1. The number of rotatable bonds is 3. The van der Waals surface area contributed by atoms with Gasteiger partial charge >= 0.3 is 0 Å². The fourth-order valence-electron chi connectivity index (χ4n) is 1.92. The van der Waals surface area contributed by atoms with Gasteiger partial charge in [-0.05, 0) is 31.6 Å². The maximum absolute atomic E-state index is 5.41. The third-order valence-electron chi connectivity index (χ3n) is 3.04. The van der Waals surface area contributed by atoms with Gasteiger partial charge in [-0.15, -0.1) is 0 Å². The van der Waals surface area contributed by atoms with Crippen LogP contribution in [0.5, 0.6) is 0 Å². The van der Waals surface area contributed by atoms with Crippen LogP contribution >= 0.6 is 0 Å². The molecule has 2 saturated carbocycles. The monoisotopic (exact) mass is 196 g/mol. The molecule has 2 rings (SSSR count). The molecular weight excluding hydrogens is 176 g/mol. The van der Waals surface area contributed by atoms with Crippen LogP contribution in [0, 0.1) is 5.92 Å². The minimum Gasteiger partial charge on any atom is -0.353 e. The van der Waals surface area contributed by atoms with Crippen molar-refractivity contribution in [2.24, 2.45) is 16.8 Å². The fourth-order valence-corrected chi connectivity index (χ4v) is 1.92. The predicted molar refractivity (Wildman–Crippen MR) is 57.7 cm³/mol. The predicted octanol–water partition coefficient (Wildman–Crippen LogP) is 0.748. The van der Waals surface area contributed by atoms with Crippen molar-refractivity contribution in [3.05, 3.63) is 0 Å². The summed E-state index contributed by atoms with van der Waals surface area (Å²) < 4.78 is 0. The normalized spacial score (nSPS) is 23.9. The summed E-state index contributed by atoms with van der Waals surface area (Å²) in [6, 6.07) is 0.587. The van der Waals surface area contributed by atoms with E-state index in [2.05, 4.69) is 15.7 Å². The first-order valence-corrected chi connectivity index (χ1v) is 5.66. The Morgan fingerprint density at radius 3 is 2.50 bits per heavy atom. The van der Waals surface area contributed by atoms with Crippen molar-refractivity contribution in [3.63, 3.8) is 0 Å². The zero-order valence-corrected chi connectivity index (χ0v) is 8.63. The van der Waals surface area contributed by atoms with Gasteiger partial charge in [0.2, 0.25) is 5.96 Å². The lowest BCUT2D eigenvalue weighted by molar-refractivity contribution is 0.613. The van der Waals surface area contributed by atoms with E-state index in [4.69, 9.17) is 5.84 Å². The van der Waals surface area contributed by atoms with Crippen molar-refractivity contribution < 1.29 is 0 Å². The molecule has 0 radical (unpaired) electrons. The molecule has 2 aliphatic rings. The first kappa shape index (κ1) is 9.77. The summed E-state index contributed by atoms with van der Waals surface area (Å²) in [6.45, 7) is 0.930. The molecule has 4 nitrogen and oxygen atoms in total. The van der Waals surface area contributed by atoms with Crippen LogP contribution in [0.1, 0.15) is 38.5 Å². The third kappa shape index (κ3) is 2.87. The molecule has 0 atom stereocenters. The molecule has 0 amide bonds. The van der Waals surface area contributed by atoms with Gasteiger partial charge in [-0.1, -0.05) is 12.8 Å². The molecule has 0 spiro atoms. The second kappa shape index (κ2) is 4.64. The second-order valence-electron chi connectivity index (χ2n) is 4.40. The Labute approximate surface area is 85.3 Å². The van der Waals surface area contributed by atoms with Gasteiger partial charge in [0.1, 0.15) is 0 Å². The maximum atomic E-state index is 5.41. The quantitative estimate of drug-likeness (QED) is 0.270. The van der Waals surface area contributed by atoms with Crippen molar-refractivity contribution in [3.8, 4) is 0 Å². The average Bonchev–Trinajstić information content (AvgIpc) is 2.90. The van der Waals surface area contributed by atoms with Gasteiger partial charge in [-0.2, -0.15) is 0 Å². The number of aliphatic imine (C=N–C) groups is 1. The lowest BCUT2D eigenvalue weighted by atomic mass is 10.2. The van der Waals surface area contributed by atoms with Crippen molar-refractivity contribution in [1.82, 2.24) is 10.7 Å². The molecule has 80 valence electrons. The molecule has 0 saturated heterocycles. The minimum absolute atomic E-state index is 0.587. The zero-order valence-electron chi connectivity index (χ0n) is 8.63. The summed E-state index contributed by atoms with van der Waals surface area (Å²) >= 11 is 0. The van der Waals surface area contributed by atoms with Gasteiger partial charge in [-0.25, -0.2) is 5.84 Å². The molecule has 2 aliphatic carbocycles. The third-order valence-corrected chi connectivity index (χ3v) is 3.04. The van der Waals surface area contributed by atoms with E-state index in [1.54, 1.807) is 0 Å². The number of guanidine groups is 1. The Balaban J connectivity index is 1.75. The Morgan fingerprint density at radius 1 is 1.21 bits per heavy atom. The molecule has 0 aromatic rings. The van der Waals surface area contributed by atoms with Crippen LogP contribution in [0.3, 0.4) is 0 Å². The van der Waals surface area contributed by atoms with Crippen LogP contribution in [-0.4, -0.2) is 18.5 Å². The molecule has 0 heterocycles. The number of nitrogens with zero attached hydrogens (tertiary/aromatic N) is 1. The van der Waals surface area contributed by atoms with Gasteiger partial charge in [0.15, 0.2) is 0 Å². The van der Waals surface area contributed by atoms with Crippen LogP contribution in [0.4, 0.5) is 0 Å². The molecule has 4 N–H and O–H groups in total. The number of nitrogens with one attached hydrogen (secondary N) is 2. The van der Waals surface area contributed by atoms with E-state index >= 15 is 0 Å². The van der Waals surface area contributed by atoms with E-state index in [-0.39, 0.29) is 0 Å². The smallest absolute Gasteiger partial charge is 0.205 e. The lowest BCUT2D eigenvalue weighted by Gasteiger charge is -2.14. The Morgan fingerprint density at radius 2 is 1.93 bits per heavy atom. The van der Waals surface area contributed by atoms with Crippen LogP contribution < -0.4 is 16.6 Å². The summed E-state index contributed by atoms with van der Waals surface area (Å²) in [5.74, 6) is 7.02. The van der Waals surface area contributed by atoms with E-state index in [1.807, 2.05) is 0 Å².